The average Bonchev–Trinajstić information content (AvgIpc) is 3.24. The number of phenols is 1. The van der Waals surface area contributed by atoms with Crippen LogP contribution in [0, 0.1) is 11.8 Å². The monoisotopic (exact) mass is 404 g/mol. The van der Waals surface area contributed by atoms with Gasteiger partial charge in [0.05, 0.1) is 13.0 Å². The van der Waals surface area contributed by atoms with Gasteiger partial charge in [0.1, 0.15) is 6.10 Å². The summed E-state index contributed by atoms with van der Waals surface area (Å²) in [6.45, 7) is 3.50. The number of phenolic OH excluding ortho intramolecular Hbond substituents is 1. The summed E-state index contributed by atoms with van der Waals surface area (Å²) in [5.74, 6) is 0.904. The highest BCUT2D eigenvalue weighted by atomic mass is 16.6. The van der Waals surface area contributed by atoms with Crippen molar-refractivity contribution >= 4 is 12.0 Å². The Labute approximate surface area is 172 Å². The zero-order chi connectivity index (χ0) is 20.8. The van der Waals surface area contributed by atoms with Gasteiger partial charge in [-0.05, 0) is 55.7 Å². The molecule has 0 bridgehead atoms. The number of hydrogen-bond acceptors (Lipinski definition) is 5. The Kier molecular flexibility index (Phi) is 7.23. The third kappa shape index (κ3) is 5.55. The lowest BCUT2D eigenvalue weighted by Gasteiger charge is -2.29. The fourth-order valence-corrected chi connectivity index (χ4v) is 4.18. The van der Waals surface area contributed by atoms with Gasteiger partial charge in [-0.2, -0.15) is 0 Å². The molecule has 2 aliphatic rings. The van der Waals surface area contributed by atoms with Crippen LogP contribution in [0.4, 0.5) is 4.79 Å². The molecular weight excluding hydrogens is 372 g/mol. The van der Waals surface area contributed by atoms with Gasteiger partial charge in [0.2, 0.25) is 5.91 Å². The molecule has 1 heterocycles. The third-order valence-corrected chi connectivity index (χ3v) is 6.17. The SMILES string of the molecule is CC[C@H]1CC[C@@H](OC(=O)N2CC[C@H](C(=O)NCc3ccc(O)c(OC)c3)C2)CC1. The molecule has 160 valence electrons. The second kappa shape index (κ2) is 9.85. The van der Waals surface area contributed by atoms with Gasteiger partial charge in [-0.15, -0.1) is 0 Å². The van der Waals surface area contributed by atoms with E-state index in [4.69, 9.17) is 9.47 Å². The number of methoxy groups -OCH3 is 1. The predicted octanol–water partition coefficient (Wildman–Crippen LogP) is 3.44. The van der Waals surface area contributed by atoms with Gasteiger partial charge in [-0.25, -0.2) is 4.79 Å². The molecule has 29 heavy (non-hydrogen) atoms. The summed E-state index contributed by atoms with van der Waals surface area (Å²) in [5.41, 5.74) is 0.838. The van der Waals surface area contributed by atoms with Crippen LogP contribution in [0.25, 0.3) is 0 Å². The lowest BCUT2D eigenvalue weighted by Crippen LogP contribution is -2.36. The summed E-state index contributed by atoms with van der Waals surface area (Å²) in [7, 11) is 1.49. The first-order chi connectivity index (χ1) is 14.0. The molecule has 7 nitrogen and oxygen atoms in total. The number of ether oxygens (including phenoxy) is 2. The number of rotatable bonds is 6. The molecule has 2 N–H and O–H groups in total. The Morgan fingerprint density at radius 1 is 1.21 bits per heavy atom. The first-order valence-corrected chi connectivity index (χ1v) is 10.6. The van der Waals surface area contributed by atoms with E-state index >= 15 is 0 Å². The van der Waals surface area contributed by atoms with Crippen molar-refractivity contribution in [2.75, 3.05) is 20.2 Å². The molecule has 2 fully saturated rings. The Morgan fingerprint density at radius 3 is 2.66 bits per heavy atom. The molecule has 0 radical (unpaired) electrons. The van der Waals surface area contributed by atoms with Crippen molar-refractivity contribution in [3.8, 4) is 11.5 Å². The normalized spacial score (nSPS) is 24.2. The lowest BCUT2D eigenvalue weighted by atomic mass is 9.86. The van der Waals surface area contributed by atoms with E-state index < -0.39 is 0 Å². The Bertz CT molecular complexity index is 715. The molecule has 0 unspecified atom stereocenters. The standard InChI is InChI=1S/C22H32N2O5/c1-3-15-4-7-18(8-5-15)29-22(27)24-11-10-17(14-24)21(26)23-13-16-6-9-19(25)20(12-16)28-2/h6,9,12,15,17-18,25H,3-5,7-8,10-11,13-14H2,1-2H3,(H,23,26)/t15-,17-,18+/m0/s1. The second-order valence-corrected chi connectivity index (χ2v) is 8.09. The van der Waals surface area contributed by atoms with Gasteiger partial charge in [-0.3, -0.25) is 4.79 Å². The molecule has 1 aliphatic heterocycles. The van der Waals surface area contributed by atoms with Crippen LogP contribution in [0.3, 0.4) is 0 Å². The quantitative estimate of drug-likeness (QED) is 0.758. The predicted molar refractivity (Wildman–Crippen MR) is 109 cm³/mol. The minimum Gasteiger partial charge on any atom is -0.504 e. The van der Waals surface area contributed by atoms with Gasteiger partial charge in [-0.1, -0.05) is 19.4 Å². The summed E-state index contributed by atoms with van der Waals surface area (Å²) in [4.78, 5) is 26.6. The van der Waals surface area contributed by atoms with Crippen molar-refractivity contribution in [2.24, 2.45) is 11.8 Å². The summed E-state index contributed by atoms with van der Waals surface area (Å²) in [6.07, 6.45) is 5.70. The van der Waals surface area contributed by atoms with Crippen molar-refractivity contribution < 1.29 is 24.2 Å². The molecule has 1 aromatic carbocycles. The number of carbonyl (C=O) groups excluding carboxylic acids is 2. The van der Waals surface area contributed by atoms with E-state index in [9.17, 15) is 14.7 Å². The first-order valence-electron chi connectivity index (χ1n) is 10.6. The summed E-state index contributed by atoms with van der Waals surface area (Å²) in [5, 5.41) is 12.6. The van der Waals surface area contributed by atoms with E-state index in [0.29, 0.717) is 31.8 Å². The number of nitrogens with zero attached hydrogens (tertiary/aromatic N) is 1. The van der Waals surface area contributed by atoms with E-state index in [-0.39, 0.29) is 29.8 Å². The van der Waals surface area contributed by atoms with Crippen LogP contribution in [0.5, 0.6) is 11.5 Å². The minimum atomic E-state index is -0.288. The highest BCUT2D eigenvalue weighted by Gasteiger charge is 2.33. The maximum absolute atomic E-state index is 12.5. The number of benzene rings is 1. The number of nitrogens with one attached hydrogen (secondary N) is 1. The van der Waals surface area contributed by atoms with E-state index in [1.165, 1.54) is 13.5 Å². The van der Waals surface area contributed by atoms with E-state index in [2.05, 4.69) is 12.2 Å². The van der Waals surface area contributed by atoms with E-state index in [1.54, 1.807) is 23.1 Å². The molecule has 7 heteroatoms. The zero-order valence-electron chi connectivity index (χ0n) is 17.4. The smallest absolute Gasteiger partial charge is 0.410 e. The van der Waals surface area contributed by atoms with E-state index in [0.717, 1.165) is 37.2 Å². The maximum atomic E-state index is 12.5. The summed E-state index contributed by atoms with van der Waals surface area (Å²) < 4.78 is 10.8. The van der Waals surface area contributed by atoms with Crippen LogP contribution in [0.1, 0.15) is 51.0 Å². The van der Waals surface area contributed by atoms with Crippen molar-refractivity contribution in [2.45, 2.75) is 58.1 Å². The van der Waals surface area contributed by atoms with Crippen molar-refractivity contribution in [3.63, 3.8) is 0 Å². The number of carbonyl (C=O) groups is 2. The number of likely N-dealkylation sites (tertiary alicyclic amines) is 1. The largest absolute Gasteiger partial charge is 0.504 e. The maximum Gasteiger partial charge on any atom is 0.410 e. The van der Waals surface area contributed by atoms with Crippen molar-refractivity contribution in [1.29, 1.82) is 0 Å². The molecule has 1 saturated heterocycles. The van der Waals surface area contributed by atoms with Gasteiger partial charge in [0.15, 0.2) is 11.5 Å². The van der Waals surface area contributed by atoms with Crippen LogP contribution in [0.2, 0.25) is 0 Å². The molecule has 1 atom stereocenters. The third-order valence-electron chi connectivity index (χ3n) is 6.17. The highest BCUT2D eigenvalue weighted by molar-refractivity contribution is 5.80. The summed E-state index contributed by atoms with van der Waals surface area (Å²) >= 11 is 0. The number of amides is 2. The Morgan fingerprint density at radius 2 is 1.97 bits per heavy atom. The molecule has 1 saturated carbocycles. The van der Waals surface area contributed by atoms with Crippen LogP contribution in [-0.4, -0.2) is 48.3 Å². The fraction of sp³-hybridized carbons (Fsp3) is 0.636. The average molecular weight is 405 g/mol. The highest BCUT2D eigenvalue weighted by Crippen LogP contribution is 2.29. The molecule has 1 aliphatic carbocycles. The fourth-order valence-electron chi connectivity index (χ4n) is 4.18. The molecule has 1 aromatic rings. The second-order valence-electron chi connectivity index (χ2n) is 8.09. The van der Waals surface area contributed by atoms with Crippen LogP contribution in [-0.2, 0) is 16.1 Å². The number of aromatic hydroxyl groups is 1. The van der Waals surface area contributed by atoms with Crippen LogP contribution < -0.4 is 10.1 Å². The van der Waals surface area contributed by atoms with Crippen LogP contribution >= 0.6 is 0 Å². The van der Waals surface area contributed by atoms with Crippen LogP contribution in [0.15, 0.2) is 18.2 Å². The topological polar surface area (TPSA) is 88.1 Å². The van der Waals surface area contributed by atoms with Gasteiger partial charge >= 0.3 is 6.09 Å². The molecule has 0 spiro atoms. The number of hydrogen-bond donors (Lipinski definition) is 2. The minimum absolute atomic E-state index is 0.0163. The zero-order valence-corrected chi connectivity index (χ0v) is 17.4. The first kappa shape index (κ1) is 21.3. The summed E-state index contributed by atoms with van der Waals surface area (Å²) in [6, 6.07) is 4.98. The van der Waals surface area contributed by atoms with Crippen molar-refractivity contribution in [1.82, 2.24) is 10.2 Å². The van der Waals surface area contributed by atoms with E-state index in [1.807, 2.05) is 0 Å². The van der Waals surface area contributed by atoms with Gasteiger partial charge in [0.25, 0.3) is 0 Å². The van der Waals surface area contributed by atoms with Crippen molar-refractivity contribution in [3.05, 3.63) is 23.8 Å². The molecule has 0 aromatic heterocycles. The Balaban J connectivity index is 1.42. The Hall–Kier alpha value is -2.44. The van der Waals surface area contributed by atoms with Gasteiger partial charge in [0, 0.05) is 19.6 Å². The molecule has 3 rings (SSSR count). The molecule has 2 amide bonds. The molecular formula is C22H32N2O5. The van der Waals surface area contributed by atoms with Gasteiger partial charge < -0.3 is 24.8 Å². The lowest BCUT2D eigenvalue weighted by molar-refractivity contribution is -0.124.